The number of nitro benzene ring substituents is 1. The van der Waals surface area contributed by atoms with Crippen molar-refractivity contribution >= 4 is 39.6 Å². The molecule has 1 aromatic carbocycles. The van der Waals surface area contributed by atoms with Gasteiger partial charge in [-0.3, -0.25) is 10.1 Å². The molecule has 0 radical (unpaired) electrons. The van der Waals surface area contributed by atoms with Crippen molar-refractivity contribution in [3.05, 3.63) is 43.8 Å². The van der Waals surface area contributed by atoms with Gasteiger partial charge in [0.1, 0.15) is 16.8 Å². The Kier molecular flexibility index (Phi) is 6.76. The van der Waals surface area contributed by atoms with Gasteiger partial charge in [0.05, 0.1) is 36.9 Å². The van der Waals surface area contributed by atoms with Crippen LogP contribution in [0.25, 0.3) is 0 Å². The maximum Gasteiger partial charge on any atom is 0.293 e. The molecule has 2 aromatic rings. The summed E-state index contributed by atoms with van der Waals surface area (Å²) >= 11 is 1.57. The lowest BCUT2D eigenvalue weighted by Crippen LogP contribution is -2.38. The summed E-state index contributed by atoms with van der Waals surface area (Å²) in [6.45, 7) is 4.95. The molecule has 3 heterocycles. The molecule has 0 amide bonds. The number of nitrogens with zero attached hydrogens (tertiary/aromatic N) is 5. The molecule has 0 bridgehead atoms. The van der Waals surface area contributed by atoms with Gasteiger partial charge in [-0.15, -0.1) is 11.3 Å². The molecule has 9 nitrogen and oxygen atoms in total. The predicted molar refractivity (Wildman–Crippen MR) is 132 cm³/mol. The van der Waals surface area contributed by atoms with Gasteiger partial charge < -0.3 is 19.3 Å². The average molecular weight is 482 g/mol. The molecular weight excluding hydrogens is 454 g/mol. The number of nitriles is 1. The molecule has 0 saturated carbocycles. The summed E-state index contributed by atoms with van der Waals surface area (Å²) in [5.74, 6) is 0. The van der Waals surface area contributed by atoms with Crippen LogP contribution in [0.15, 0.2) is 17.1 Å². The van der Waals surface area contributed by atoms with E-state index in [1.54, 1.807) is 23.6 Å². The second kappa shape index (κ2) is 10.1. The van der Waals surface area contributed by atoms with Gasteiger partial charge in [-0.25, -0.2) is 4.99 Å². The molecule has 5 rings (SSSR count). The van der Waals surface area contributed by atoms with Crippen molar-refractivity contribution in [2.75, 3.05) is 62.4 Å². The lowest BCUT2D eigenvalue weighted by molar-refractivity contribution is -0.384. The first-order chi connectivity index (χ1) is 16.7. The second-order valence-electron chi connectivity index (χ2n) is 8.62. The van der Waals surface area contributed by atoms with Crippen molar-refractivity contribution in [3.8, 4) is 6.07 Å². The van der Waals surface area contributed by atoms with E-state index in [1.807, 2.05) is 11.0 Å². The Labute approximate surface area is 202 Å². The lowest BCUT2D eigenvalue weighted by atomic mass is 9.96. The third-order valence-corrected chi connectivity index (χ3v) is 7.81. The summed E-state index contributed by atoms with van der Waals surface area (Å²) in [7, 11) is 0. The number of nitro groups is 1. The lowest BCUT2D eigenvalue weighted by Gasteiger charge is -2.33. The van der Waals surface area contributed by atoms with E-state index in [0.29, 0.717) is 74.4 Å². The number of thiophene rings is 1. The van der Waals surface area contributed by atoms with E-state index >= 15 is 0 Å². The fourth-order valence-electron chi connectivity index (χ4n) is 4.85. The third-order valence-electron chi connectivity index (χ3n) is 6.61. The van der Waals surface area contributed by atoms with Gasteiger partial charge >= 0.3 is 0 Å². The van der Waals surface area contributed by atoms with E-state index in [9.17, 15) is 15.4 Å². The monoisotopic (exact) mass is 481 g/mol. The van der Waals surface area contributed by atoms with E-state index in [4.69, 9.17) is 14.5 Å². The van der Waals surface area contributed by atoms with E-state index in [-0.39, 0.29) is 10.6 Å². The topological polar surface area (TPSA) is 104 Å². The Hall–Kier alpha value is -3.00. The maximum absolute atomic E-state index is 12.0. The highest BCUT2D eigenvalue weighted by Crippen LogP contribution is 2.40. The van der Waals surface area contributed by atoms with Gasteiger partial charge in [0, 0.05) is 54.6 Å². The highest BCUT2D eigenvalue weighted by Gasteiger charge is 2.27. The van der Waals surface area contributed by atoms with Crippen LogP contribution in [0.5, 0.6) is 0 Å². The number of benzene rings is 1. The van der Waals surface area contributed by atoms with Crippen LogP contribution in [0.4, 0.5) is 22.1 Å². The average Bonchev–Trinajstić information content (AvgIpc) is 3.25. The minimum absolute atomic E-state index is 0.0614. The zero-order chi connectivity index (χ0) is 23.5. The van der Waals surface area contributed by atoms with E-state index in [1.165, 1.54) is 4.88 Å². The Morgan fingerprint density at radius 1 is 1.03 bits per heavy atom. The number of aryl methyl sites for hydroxylation is 1. The van der Waals surface area contributed by atoms with Crippen molar-refractivity contribution in [3.63, 3.8) is 0 Å². The number of morpholine rings is 2. The van der Waals surface area contributed by atoms with Gasteiger partial charge in [0.15, 0.2) is 0 Å². The van der Waals surface area contributed by atoms with Gasteiger partial charge in [-0.1, -0.05) is 0 Å². The number of aliphatic imine (C=N–C) groups is 1. The fraction of sp³-hybridized carbons (Fsp3) is 0.500. The summed E-state index contributed by atoms with van der Waals surface area (Å²) < 4.78 is 11.0. The van der Waals surface area contributed by atoms with Crippen LogP contribution in [0, 0.1) is 21.4 Å². The predicted octanol–water partition coefficient (Wildman–Crippen LogP) is 3.83. The molecule has 2 fully saturated rings. The van der Waals surface area contributed by atoms with E-state index in [0.717, 1.165) is 36.9 Å². The maximum atomic E-state index is 12.0. The van der Waals surface area contributed by atoms with E-state index < -0.39 is 0 Å². The zero-order valence-corrected chi connectivity index (χ0v) is 19.8. The molecule has 178 valence electrons. The van der Waals surface area contributed by atoms with Gasteiger partial charge in [-0.2, -0.15) is 5.26 Å². The number of hydrogen-bond donors (Lipinski definition) is 0. The summed E-state index contributed by atoms with van der Waals surface area (Å²) in [6.07, 6.45) is 5.83. The first kappa shape index (κ1) is 22.8. The van der Waals surface area contributed by atoms with Crippen LogP contribution in [0.1, 0.15) is 34.4 Å². The molecule has 2 aliphatic heterocycles. The molecule has 1 aliphatic carbocycles. The first-order valence-electron chi connectivity index (χ1n) is 11.7. The number of fused-ring (bicyclic) bond motifs is 1. The van der Waals surface area contributed by atoms with Crippen LogP contribution < -0.4 is 9.80 Å². The number of rotatable bonds is 5. The van der Waals surface area contributed by atoms with Crippen molar-refractivity contribution in [2.45, 2.75) is 25.7 Å². The molecular formula is C24H27N5O4S. The summed E-state index contributed by atoms with van der Waals surface area (Å²) in [5.41, 5.74) is 4.04. The summed E-state index contributed by atoms with van der Waals surface area (Å²) in [4.78, 5) is 21.9. The largest absolute Gasteiger partial charge is 0.378 e. The minimum Gasteiger partial charge on any atom is -0.378 e. The molecule has 10 heteroatoms. The van der Waals surface area contributed by atoms with E-state index in [2.05, 4.69) is 11.0 Å². The molecule has 3 aliphatic rings. The van der Waals surface area contributed by atoms with Crippen LogP contribution >= 0.6 is 11.3 Å². The normalized spacial score (nSPS) is 18.7. The van der Waals surface area contributed by atoms with Gasteiger partial charge in [-0.05, 0) is 37.3 Å². The number of anilines is 2. The van der Waals surface area contributed by atoms with Crippen molar-refractivity contribution in [2.24, 2.45) is 4.99 Å². The molecule has 0 N–H and O–H groups in total. The van der Waals surface area contributed by atoms with Crippen LogP contribution in [-0.4, -0.2) is 63.7 Å². The van der Waals surface area contributed by atoms with Crippen molar-refractivity contribution < 1.29 is 14.4 Å². The van der Waals surface area contributed by atoms with Gasteiger partial charge in [0.25, 0.3) is 5.69 Å². The highest BCUT2D eigenvalue weighted by atomic mass is 32.1. The van der Waals surface area contributed by atoms with Crippen LogP contribution in [0.2, 0.25) is 0 Å². The Bertz CT molecular complexity index is 1140. The van der Waals surface area contributed by atoms with Crippen LogP contribution in [0.3, 0.4) is 0 Å². The molecule has 2 saturated heterocycles. The zero-order valence-electron chi connectivity index (χ0n) is 19.0. The Morgan fingerprint density at radius 2 is 1.68 bits per heavy atom. The number of hydrogen-bond acceptors (Lipinski definition) is 9. The smallest absolute Gasteiger partial charge is 0.293 e. The van der Waals surface area contributed by atoms with Crippen LogP contribution in [-0.2, 0) is 22.3 Å². The first-order valence-corrected chi connectivity index (χ1v) is 12.5. The molecule has 0 unspecified atom stereocenters. The Balaban J connectivity index is 1.58. The summed E-state index contributed by atoms with van der Waals surface area (Å²) in [6, 6.07) is 5.88. The standard InChI is InChI=1S/C24H27N5O4S/c25-15-19-18-3-1-2-4-23(18)34-24(19)26-16-17-13-22(29(30)31)21(28-7-11-33-12-8-28)14-20(17)27-5-9-32-10-6-27/h13-14,16H,1-12H2/b26-16+. The molecule has 1 aromatic heterocycles. The molecule has 0 spiro atoms. The fourth-order valence-corrected chi connectivity index (χ4v) is 6.04. The third kappa shape index (κ3) is 4.51. The van der Waals surface area contributed by atoms with Gasteiger partial charge in [0.2, 0.25) is 0 Å². The number of ether oxygens (including phenoxy) is 2. The highest BCUT2D eigenvalue weighted by molar-refractivity contribution is 7.16. The quantitative estimate of drug-likeness (QED) is 0.363. The summed E-state index contributed by atoms with van der Waals surface area (Å²) in [5, 5.41) is 22.5. The van der Waals surface area contributed by atoms with Crippen molar-refractivity contribution in [1.29, 1.82) is 5.26 Å². The minimum atomic E-state index is -0.324. The second-order valence-corrected chi connectivity index (χ2v) is 9.70. The Morgan fingerprint density at radius 3 is 2.32 bits per heavy atom. The SMILES string of the molecule is N#Cc1c(/N=C/c2cc([N+](=O)[O-])c(N3CCOCC3)cc2N2CCOCC2)sc2c1CCCC2. The molecule has 34 heavy (non-hydrogen) atoms. The molecule has 0 atom stereocenters. The van der Waals surface area contributed by atoms with Crippen molar-refractivity contribution in [1.82, 2.24) is 0 Å².